The van der Waals surface area contributed by atoms with Crippen molar-refractivity contribution in [1.29, 1.82) is 5.26 Å². The van der Waals surface area contributed by atoms with E-state index in [0.717, 1.165) is 16.8 Å². The van der Waals surface area contributed by atoms with Crippen LogP contribution in [0.2, 0.25) is 0 Å². The van der Waals surface area contributed by atoms with E-state index in [4.69, 9.17) is 9.78 Å². The molecule has 4 aromatic rings. The van der Waals surface area contributed by atoms with Gasteiger partial charge < -0.3 is 20.3 Å². The molecule has 4 rings (SSSR count). The summed E-state index contributed by atoms with van der Waals surface area (Å²) in [6.45, 7) is 6.28. The molecule has 0 unspecified atom stereocenters. The molecule has 0 saturated heterocycles. The number of hydrogen-bond donors (Lipinski definition) is 3. The lowest BCUT2D eigenvalue weighted by Crippen LogP contribution is -2.42. The van der Waals surface area contributed by atoms with Crippen molar-refractivity contribution in [3.05, 3.63) is 64.8 Å². The predicted octanol–water partition coefficient (Wildman–Crippen LogP) is 3.32. The van der Waals surface area contributed by atoms with Crippen molar-refractivity contribution in [3.63, 3.8) is 0 Å². The van der Waals surface area contributed by atoms with E-state index in [2.05, 4.69) is 31.9 Å². The summed E-state index contributed by atoms with van der Waals surface area (Å²) in [5.41, 5.74) is 3.00. The summed E-state index contributed by atoms with van der Waals surface area (Å²) in [5.74, 6) is 0.111. The first-order valence-electron chi connectivity index (χ1n) is 11.3. The second-order valence-electron chi connectivity index (χ2n) is 9.01. The lowest BCUT2D eigenvalue weighted by atomic mass is 10.0. The topological polar surface area (TPSA) is 141 Å². The standard InChI is InChI=1S/C25H26FN7O3/c1-14-18(15(2)36-32-14)11-28-20-8-21(22-6-5-17-7-16(9-27)10-31-33(17)22)29-12-19(20)24(34)30-13-23(26)25(3,4)35/h5-8,10,12,23,35H,11,13H2,1-4H3,(H,28,29)(H,30,34)/t23-/m1/s1. The van der Waals surface area contributed by atoms with Gasteiger partial charge >= 0.3 is 0 Å². The maximum atomic E-state index is 14.2. The van der Waals surface area contributed by atoms with Gasteiger partial charge in [-0.3, -0.25) is 9.78 Å². The average molecular weight is 492 g/mol. The highest BCUT2D eigenvalue weighted by Crippen LogP contribution is 2.26. The molecule has 1 amide bonds. The zero-order chi connectivity index (χ0) is 26.0. The van der Waals surface area contributed by atoms with Gasteiger partial charge in [-0.15, -0.1) is 0 Å². The Bertz CT molecular complexity index is 1440. The molecule has 0 fully saturated rings. The fourth-order valence-electron chi connectivity index (χ4n) is 3.64. The molecule has 0 aliphatic heterocycles. The van der Waals surface area contributed by atoms with Crippen LogP contribution in [-0.4, -0.2) is 49.1 Å². The van der Waals surface area contributed by atoms with Crippen molar-refractivity contribution >= 4 is 17.1 Å². The van der Waals surface area contributed by atoms with Crippen molar-refractivity contribution in [3.8, 4) is 17.5 Å². The number of aryl methyl sites for hydroxylation is 2. The fourth-order valence-corrected chi connectivity index (χ4v) is 3.64. The molecule has 11 heteroatoms. The Morgan fingerprint density at radius 1 is 1.31 bits per heavy atom. The number of nitrogens with one attached hydrogen (secondary N) is 2. The average Bonchev–Trinajstić information content (AvgIpc) is 3.42. The number of rotatable bonds is 8. The summed E-state index contributed by atoms with van der Waals surface area (Å²) < 4.78 is 21.1. The minimum Gasteiger partial charge on any atom is -0.387 e. The Kier molecular flexibility index (Phi) is 6.72. The molecule has 0 aliphatic rings. The van der Waals surface area contributed by atoms with Crippen molar-refractivity contribution in [2.45, 2.75) is 46.0 Å². The molecule has 0 aromatic carbocycles. The highest BCUT2D eigenvalue weighted by atomic mass is 19.1. The van der Waals surface area contributed by atoms with E-state index in [-0.39, 0.29) is 12.1 Å². The molecule has 1 atom stereocenters. The molecule has 0 bridgehead atoms. The Labute approximate surface area is 206 Å². The van der Waals surface area contributed by atoms with Gasteiger partial charge in [-0.1, -0.05) is 5.16 Å². The van der Waals surface area contributed by atoms with Crippen LogP contribution in [0.15, 0.2) is 41.2 Å². The molecule has 0 saturated carbocycles. The number of anilines is 1. The predicted molar refractivity (Wildman–Crippen MR) is 130 cm³/mol. The normalized spacial score (nSPS) is 12.4. The van der Waals surface area contributed by atoms with E-state index in [1.807, 2.05) is 19.1 Å². The van der Waals surface area contributed by atoms with E-state index in [1.54, 1.807) is 23.6 Å². The SMILES string of the molecule is Cc1noc(C)c1CNc1cc(-c2ccc3cc(C#N)cnn23)ncc1C(=O)NC[C@@H](F)C(C)(C)O. The lowest BCUT2D eigenvalue weighted by molar-refractivity contribution is -0.00177. The van der Waals surface area contributed by atoms with Crippen molar-refractivity contribution in [2.75, 3.05) is 11.9 Å². The number of nitrogens with zero attached hydrogens (tertiary/aromatic N) is 5. The Morgan fingerprint density at radius 2 is 2.08 bits per heavy atom. The number of amides is 1. The molecular weight excluding hydrogens is 465 g/mol. The molecule has 3 N–H and O–H groups in total. The van der Waals surface area contributed by atoms with Crippen LogP contribution in [0.3, 0.4) is 0 Å². The molecule has 0 aliphatic carbocycles. The van der Waals surface area contributed by atoms with Gasteiger partial charge in [-0.2, -0.15) is 10.4 Å². The number of hydrogen-bond acceptors (Lipinski definition) is 8. The first kappa shape index (κ1) is 24.8. The first-order valence-corrected chi connectivity index (χ1v) is 11.3. The van der Waals surface area contributed by atoms with E-state index in [1.165, 1.54) is 26.2 Å². The molecule has 0 spiro atoms. The molecule has 186 valence electrons. The van der Waals surface area contributed by atoms with Crippen molar-refractivity contribution < 1.29 is 18.8 Å². The van der Waals surface area contributed by atoms with Crippen LogP contribution in [0.4, 0.5) is 10.1 Å². The number of halogens is 1. The summed E-state index contributed by atoms with van der Waals surface area (Å²) in [4.78, 5) is 17.4. The minimum absolute atomic E-state index is 0.203. The number of pyridine rings is 1. The van der Waals surface area contributed by atoms with E-state index >= 15 is 0 Å². The van der Waals surface area contributed by atoms with Gasteiger partial charge in [0.2, 0.25) is 0 Å². The number of carbonyl (C=O) groups excluding carboxylic acids is 1. The number of fused-ring (bicyclic) bond motifs is 1. The third-order valence-electron chi connectivity index (χ3n) is 5.89. The van der Waals surface area contributed by atoms with Gasteiger partial charge in [0.25, 0.3) is 5.91 Å². The number of alkyl halides is 1. The van der Waals surface area contributed by atoms with Crippen molar-refractivity contribution in [2.24, 2.45) is 0 Å². The summed E-state index contributed by atoms with van der Waals surface area (Å²) >= 11 is 0. The number of aliphatic hydroxyl groups is 1. The highest BCUT2D eigenvalue weighted by molar-refractivity contribution is 6.00. The van der Waals surface area contributed by atoms with Gasteiger partial charge in [-0.05, 0) is 52.0 Å². The van der Waals surface area contributed by atoms with Gasteiger partial charge in [0.15, 0.2) is 0 Å². The third kappa shape index (κ3) is 5.04. The van der Waals surface area contributed by atoms with E-state index < -0.39 is 17.7 Å². The van der Waals surface area contributed by atoms with Crippen LogP contribution in [0.25, 0.3) is 16.9 Å². The Balaban J connectivity index is 1.68. The minimum atomic E-state index is -1.65. The van der Waals surface area contributed by atoms with Crippen LogP contribution >= 0.6 is 0 Å². The lowest BCUT2D eigenvalue weighted by Gasteiger charge is -2.22. The third-order valence-corrected chi connectivity index (χ3v) is 5.89. The Morgan fingerprint density at radius 3 is 2.75 bits per heavy atom. The van der Waals surface area contributed by atoms with Crippen LogP contribution in [0.1, 0.15) is 46.8 Å². The zero-order valence-electron chi connectivity index (χ0n) is 20.3. The molecule has 4 aromatic heterocycles. The van der Waals surface area contributed by atoms with Gasteiger partial charge in [0, 0.05) is 18.3 Å². The van der Waals surface area contributed by atoms with Crippen LogP contribution in [-0.2, 0) is 6.54 Å². The summed E-state index contributed by atoms with van der Waals surface area (Å²) in [7, 11) is 0. The zero-order valence-corrected chi connectivity index (χ0v) is 20.3. The van der Waals surface area contributed by atoms with Crippen LogP contribution in [0, 0.1) is 25.2 Å². The quantitative estimate of drug-likeness (QED) is 0.341. The number of aromatic nitrogens is 4. The number of carbonyl (C=O) groups is 1. The van der Waals surface area contributed by atoms with E-state index in [9.17, 15) is 14.3 Å². The fraction of sp³-hybridized carbons (Fsp3) is 0.320. The van der Waals surface area contributed by atoms with Crippen LogP contribution in [0.5, 0.6) is 0 Å². The first-order chi connectivity index (χ1) is 17.1. The molecule has 4 heterocycles. The molecular formula is C25H26FN7O3. The summed E-state index contributed by atoms with van der Waals surface area (Å²) in [6, 6.07) is 9.12. The van der Waals surface area contributed by atoms with Crippen LogP contribution < -0.4 is 10.6 Å². The molecule has 10 nitrogen and oxygen atoms in total. The maximum Gasteiger partial charge on any atom is 0.255 e. The second-order valence-corrected chi connectivity index (χ2v) is 9.01. The highest BCUT2D eigenvalue weighted by Gasteiger charge is 2.27. The smallest absolute Gasteiger partial charge is 0.255 e. The molecule has 0 radical (unpaired) electrons. The van der Waals surface area contributed by atoms with Gasteiger partial charge in [0.1, 0.15) is 18.0 Å². The van der Waals surface area contributed by atoms with Gasteiger partial charge in [0.05, 0.1) is 57.8 Å². The largest absolute Gasteiger partial charge is 0.387 e. The number of nitriles is 1. The second kappa shape index (κ2) is 9.75. The van der Waals surface area contributed by atoms with Crippen molar-refractivity contribution in [1.82, 2.24) is 25.1 Å². The summed E-state index contributed by atoms with van der Waals surface area (Å²) in [5, 5.41) is 33.0. The Hall–Kier alpha value is -4.30. The van der Waals surface area contributed by atoms with E-state index in [0.29, 0.717) is 34.9 Å². The maximum absolute atomic E-state index is 14.2. The van der Waals surface area contributed by atoms with Gasteiger partial charge in [-0.25, -0.2) is 8.91 Å². The monoisotopic (exact) mass is 491 g/mol. The summed E-state index contributed by atoms with van der Waals surface area (Å²) in [6.07, 6.45) is 1.22. The molecule has 36 heavy (non-hydrogen) atoms.